The zero-order chi connectivity index (χ0) is 23.5. The van der Waals surface area contributed by atoms with Crippen LogP contribution in [0.25, 0.3) is 11.3 Å². The Hall–Kier alpha value is -2.49. The van der Waals surface area contributed by atoms with Gasteiger partial charge < -0.3 is 24.8 Å². The van der Waals surface area contributed by atoms with Gasteiger partial charge in [-0.1, -0.05) is 12.1 Å². The number of methoxy groups -OCH3 is 1. The maximum atomic E-state index is 12.9. The van der Waals surface area contributed by atoms with Crippen LogP contribution < -0.4 is 10.2 Å². The van der Waals surface area contributed by atoms with E-state index in [1.807, 2.05) is 30.5 Å². The second-order valence-corrected chi connectivity index (χ2v) is 9.75. The van der Waals surface area contributed by atoms with Gasteiger partial charge in [0.2, 0.25) is 5.91 Å². The zero-order valence-electron chi connectivity index (χ0n) is 19.8. The van der Waals surface area contributed by atoms with Crippen LogP contribution in [0.3, 0.4) is 0 Å². The Morgan fingerprint density at radius 3 is 2.67 bits per heavy atom. The molecule has 2 aliphatic heterocycles. The van der Waals surface area contributed by atoms with E-state index in [2.05, 4.69) is 22.2 Å². The molecule has 1 aromatic carbocycles. The number of carbonyl (C=O) groups is 2. The second kappa shape index (κ2) is 10.2. The van der Waals surface area contributed by atoms with Crippen LogP contribution in [-0.2, 0) is 9.53 Å². The van der Waals surface area contributed by atoms with E-state index in [-0.39, 0.29) is 24.0 Å². The lowest BCUT2D eigenvalue weighted by Crippen LogP contribution is -2.49. The van der Waals surface area contributed by atoms with Crippen LogP contribution in [0.2, 0.25) is 0 Å². The Bertz CT molecular complexity index is 988. The molecule has 2 saturated heterocycles. The first-order valence-corrected chi connectivity index (χ1v) is 12.4. The van der Waals surface area contributed by atoms with Crippen molar-refractivity contribution >= 4 is 28.3 Å². The molecule has 0 bridgehead atoms. The second-order valence-electron chi connectivity index (χ2n) is 8.92. The van der Waals surface area contributed by atoms with Gasteiger partial charge in [-0.05, 0) is 39.4 Å². The Labute approximate surface area is 199 Å². The Morgan fingerprint density at radius 2 is 1.97 bits per heavy atom. The van der Waals surface area contributed by atoms with Gasteiger partial charge in [0.25, 0.3) is 5.91 Å². The first-order valence-electron chi connectivity index (χ1n) is 11.5. The number of carbonyl (C=O) groups excluding carboxylic acids is 2. The SMILES string of the molecule is COC1CCN(C(=O)C(C)NC(=O)c2cccc(-c3csc(N4CCN(C)CC4)n3)c2)C1C. The molecule has 2 aliphatic rings. The fourth-order valence-corrected chi connectivity index (χ4v) is 5.38. The molecule has 8 nitrogen and oxygen atoms in total. The number of nitrogens with zero attached hydrogens (tertiary/aromatic N) is 4. The lowest BCUT2D eigenvalue weighted by atomic mass is 10.1. The minimum atomic E-state index is -0.609. The first-order chi connectivity index (χ1) is 15.9. The predicted molar refractivity (Wildman–Crippen MR) is 131 cm³/mol. The third-order valence-electron chi connectivity index (χ3n) is 6.67. The van der Waals surface area contributed by atoms with Crippen molar-refractivity contribution < 1.29 is 14.3 Å². The molecule has 2 aromatic rings. The van der Waals surface area contributed by atoms with Crippen LogP contribution >= 0.6 is 11.3 Å². The molecule has 1 aromatic heterocycles. The molecular formula is C24H33N5O3S. The van der Waals surface area contributed by atoms with Crippen molar-refractivity contribution in [3.05, 3.63) is 35.2 Å². The smallest absolute Gasteiger partial charge is 0.251 e. The summed E-state index contributed by atoms with van der Waals surface area (Å²) in [6, 6.07) is 6.83. The number of hydrogen-bond donors (Lipinski definition) is 1. The highest BCUT2D eigenvalue weighted by Gasteiger charge is 2.36. The van der Waals surface area contributed by atoms with Gasteiger partial charge in [0.1, 0.15) is 6.04 Å². The number of thiazole rings is 1. The van der Waals surface area contributed by atoms with E-state index in [1.165, 1.54) is 0 Å². The van der Waals surface area contributed by atoms with E-state index in [0.29, 0.717) is 12.1 Å². The average Bonchev–Trinajstić information content (AvgIpc) is 3.46. The quantitative estimate of drug-likeness (QED) is 0.697. The monoisotopic (exact) mass is 471 g/mol. The number of anilines is 1. The highest BCUT2D eigenvalue weighted by molar-refractivity contribution is 7.14. The molecule has 3 atom stereocenters. The van der Waals surface area contributed by atoms with Gasteiger partial charge in [0.05, 0.1) is 17.8 Å². The maximum Gasteiger partial charge on any atom is 0.251 e. The summed E-state index contributed by atoms with van der Waals surface area (Å²) in [6.45, 7) is 8.37. The minimum absolute atomic E-state index is 0.00402. The number of nitrogens with one attached hydrogen (secondary N) is 1. The van der Waals surface area contributed by atoms with Gasteiger partial charge in [0, 0.05) is 56.3 Å². The number of benzene rings is 1. The number of rotatable bonds is 6. The van der Waals surface area contributed by atoms with Crippen LogP contribution in [0.4, 0.5) is 5.13 Å². The fraction of sp³-hybridized carbons (Fsp3) is 0.542. The highest BCUT2D eigenvalue weighted by atomic mass is 32.1. The molecule has 0 aliphatic carbocycles. The van der Waals surface area contributed by atoms with Gasteiger partial charge in [-0.2, -0.15) is 0 Å². The van der Waals surface area contributed by atoms with Crippen molar-refractivity contribution in [2.75, 3.05) is 51.8 Å². The summed E-state index contributed by atoms with van der Waals surface area (Å²) in [4.78, 5) is 37.0. The molecule has 178 valence electrons. The third-order valence-corrected chi connectivity index (χ3v) is 7.58. The van der Waals surface area contributed by atoms with Gasteiger partial charge in [-0.3, -0.25) is 9.59 Å². The first kappa shape index (κ1) is 23.7. The summed E-state index contributed by atoms with van der Waals surface area (Å²) in [5.41, 5.74) is 2.28. The van der Waals surface area contributed by atoms with E-state index in [0.717, 1.165) is 49.0 Å². The van der Waals surface area contributed by atoms with E-state index in [4.69, 9.17) is 9.72 Å². The minimum Gasteiger partial charge on any atom is -0.379 e. The molecule has 0 radical (unpaired) electrons. The molecule has 2 fully saturated rings. The lowest BCUT2D eigenvalue weighted by molar-refractivity contribution is -0.134. The largest absolute Gasteiger partial charge is 0.379 e. The molecule has 0 spiro atoms. The number of amides is 2. The molecular weight excluding hydrogens is 438 g/mol. The van der Waals surface area contributed by atoms with Gasteiger partial charge >= 0.3 is 0 Å². The number of piperazine rings is 1. The summed E-state index contributed by atoms with van der Waals surface area (Å²) in [6.07, 6.45) is 0.859. The van der Waals surface area contributed by atoms with Crippen molar-refractivity contribution in [1.29, 1.82) is 0 Å². The predicted octanol–water partition coefficient (Wildman–Crippen LogP) is 2.32. The summed E-state index contributed by atoms with van der Waals surface area (Å²) in [7, 11) is 3.81. The van der Waals surface area contributed by atoms with Gasteiger partial charge in [-0.25, -0.2) is 4.98 Å². The van der Waals surface area contributed by atoms with Gasteiger partial charge in [0.15, 0.2) is 5.13 Å². The van der Waals surface area contributed by atoms with Gasteiger partial charge in [-0.15, -0.1) is 11.3 Å². The van der Waals surface area contributed by atoms with Crippen LogP contribution in [0.15, 0.2) is 29.6 Å². The van der Waals surface area contributed by atoms with Crippen molar-refractivity contribution in [3.8, 4) is 11.3 Å². The van der Waals surface area contributed by atoms with Crippen molar-refractivity contribution in [3.63, 3.8) is 0 Å². The molecule has 2 amide bonds. The van der Waals surface area contributed by atoms with E-state index < -0.39 is 6.04 Å². The zero-order valence-corrected chi connectivity index (χ0v) is 20.6. The Kier molecular flexibility index (Phi) is 7.31. The molecule has 3 unspecified atom stereocenters. The standard InChI is InChI=1S/C24H33N5O3S/c1-16(23(31)29-9-8-21(32-4)17(29)2)25-22(30)19-7-5-6-18(14-19)20-15-33-24(26-20)28-12-10-27(3)11-13-28/h5-7,14-17,21H,8-13H2,1-4H3,(H,25,30). The van der Waals surface area contributed by atoms with E-state index >= 15 is 0 Å². The maximum absolute atomic E-state index is 12.9. The van der Waals surface area contributed by atoms with Crippen LogP contribution in [0, 0.1) is 0 Å². The molecule has 33 heavy (non-hydrogen) atoms. The number of aromatic nitrogens is 1. The molecule has 3 heterocycles. The average molecular weight is 472 g/mol. The Balaban J connectivity index is 1.40. The Morgan fingerprint density at radius 1 is 1.21 bits per heavy atom. The highest BCUT2D eigenvalue weighted by Crippen LogP contribution is 2.28. The molecule has 9 heteroatoms. The molecule has 4 rings (SSSR count). The van der Waals surface area contributed by atoms with E-state index in [9.17, 15) is 9.59 Å². The van der Waals surface area contributed by atoms with Crippen molar-refractivity contribution in [2.45, 2.75) is 38.5 Å². The topological polar surface area (TPSA) is 78.0 Å². The summed E-state index contributed by atoms with van der Waals surface area (Å²) >= 11 is 1.63. The van der Waals surface area contributed by atoms with Crippen molar-refractivity contribution in [2.24, 2.45) is 0 Å². The summed E-state index contributed by atoms with van der Waals surface area (Å²) in [5, 5.41) is 5.92. The normalized spacial score (nSPS) is 22.4. The fourth-order valence-electron chi connectivity index (χ4n) is 4.49. The van der Waals surface area contributed by atoms with Crippen molar-refractivity contribution in [1.82, 2.24) is 20.1 Å². The van der Waals surface area contributed by atoms with Crippen LogP contribution in [0.1, 0.15) is 30.6 Å². The van der Waals surface area contributed by atoms with Crippen LogP contribution in [-0.4, -0.2) is 91.7 Å². The molecule has 0 saturated carbocycles. The number of likely N-dealkylation sites (tertiary alicyclic amines) is 1. The number of hydrogen-bond acceptors (Lipinski definition) is 7. The summed E-state index contributed by atoms with van der Waals surface area (Å²) in [5.74, 6) is -0.342. The van der Waals surface area contributed by atoms with Crippen LogP contribution in [0.5, 0.6) is 0 Å². The summed E-state index contributed by atoms with van der Waals surface area (Å²) < 4.78 is 5.44. The molecule has 1 N–H and O–H groups in total. The van der Waals surface area contributed by atoms with E-state index in [1.54, 1.807) is 36.3 Å². The lowest BCUT2D eigenvalue weighted by Gasteiger charge is -2.32. The number of likely N-dealkylation sites (N-methyl/N-ethyl adjacent to an activating group) is 1. The third kappa shape index (κ3) is 5.20. The number of ether oxygens (including phenoxy) is 1.